The molecular weight excluding hydrogens is 528 g/mol. The van der Waals surface area contributed by atoms with Gasteiger partial charge in [-0.15, -0.1) is 0 Å². The quantitative estimate of drug-likeness (QED) is 0.0939. The third-order valence-corrected chi connectivity index (χ3v) is 7.22. The third-order valence-electron chi connectivity index (χ3n) is 7.22. The van der Waals surface area contributed by atoms with Gasteiger partial charge < -0.3 is 19.5 Å². The molecule has 0 bridgehead atoms. The molecule has 0 radical (unpaired) electrons. The van der Waals surface area contributed by atoms with E-state index in [-0.39, 0.29) is 17.9 Å². The van der Waals surface area contributed by atoms with Crippen molar-refractivity contribution in [2.75, 3.05) is 6.61 Å². The highest BCUT2D eigenvalue weighted by Crippen LogP contribution is 2.41. The van der Waals surface area contributed by atoms with E-state index in [4.69, 9.17) is 9.47 Å². The number of pyridine rings is 1. The molecule has 0 spiro atoms. The summed E-state index contributed by atoms with van der Waals surface area (Å²) in [6.45, 7) is 5.34. The molecule has 1 aromatic heterocycles. The normalized spacial score (nSPS) is 16.0. The molecule has 7 heteroatoms. The second-order valence-corrected chi connectivity index (χ2v) is 10.4. The maximum atomic E-state index is 13.4. The molecule has 7 nitrogen and oxygen atoms in total. The maximum absolute atomic E-state index is 13.4. The Morgan fingerprint density at radius 3 is 2.26 bits per heavy atom. The van der Waals surface area contributed by atoms with E-state index in [0.717, 1.165) is 29.5 Å². The van der Waals surface area contributed by atoms with Crippen molar-refractivity contribution in [1.29, 1.82) is 0 Å². The van der Waals surface area contributed by atoms with Crippen LogP contribution in [-0.2, 0) is 22.7 Å². The minimum atomic E-state index is -0.778. The van der Waals surface area contributed by atoms with Crippen LogP contribution in [0.1, 0.15) is 53.6 Å². The number of aromatic nitrogens is 1. The van der Waals surface area contributed by atoms with Crippen LogP contribution in [0.15, 0.2) is 103 Å². The van der Waals surface area contributed by atoms with Crippen LogP contribution in [0.2, 0.25) is 0 Å². The molecule has 0 aliphatic carbocycles. The third kappa shape index (κ3) is 6.52. The van der Waals surface area contributed by atoms with E-state index in [1.54, 1.807) is 48.8 Å². The van der Waals surface area contributed by atoms with Gasteiger partial charge in [-0.3, -0.25) is 14.6 Å². The predicted molar refractivity (Wildman–Crippen MR) is 161 cm³/mol. The fraction of sp³-hybridized carbons (Fsp3) is 0.229. The number of ketones is 1. The van der Waals surface area contributed by atoms with Crippen molar-refractivity contribution in [1.82, 2.24) is 9.88 Å². The van der Waals surface area contributed by atoms with Gasteiger partial charge in [0, 0.05) is 24.5 Å². The van der Waals surface area contributed by atoms with E-state index in [9.17, 15) is 14.7 Å². The zero-order valence-corrected chi connectivity index (χ0v) is 23.8. The van der Waals surface area contributed by atoms with Crippen molar-refractivity contribution in [3.05, 3.63) is 131 Å². The zero-order valence-electron chi connectivity index (χ0n) is 23.8. The first kappa shape index (κ1) is 28.6. The lowest BCUT2D eigenvalue weighted by molar-refractivity contribution is -0.140. The predicted octanol–water partition coefficient (Wildman–Crippen LogP) is 6.77. The number of hydrogen-bond donors (Lipinski definition) is 1. The highest BCUT2D eigenvalue weighted by Gasteiger charge is 2.46. The number of amides is 1. The van der Waals surface area contributed by atoms with Crippen molar-refractivity contribution < 1.29 is 24.2 Å². The molecule has 2 heterocycles. The van der Waals surface area contributed by atoms with Gasteiger partial charge in [0.25, 0.3) is 11.7 Å². The lowest BCUT2D eigenvalue weighted by Gasteiger charge is -2.25. The number of aryl methyl sites for hydroxylation is 1. The highest BCUT2D eigenvalue weighted by atomic mass is 16.5. The summed E-state index contributed by atoms with van der Waals surface area (Å²) in [7, 11) is 0. The lowest BCUT2D eigenvalue weighted by atomic mass is 9.95. The zero-order chi connectivity index (χ0) is 29.5. The molecular formula is C35H34N2O5. The maximum Gasteiger partial charge on any atom is 0.295 e. The number of benzene rings is 3. The van der Waals surface area contributed by atoms with Crippen molar-refractivity contribution in [2.45, 2.75) is 45.9 Å². The standard InChI is InChI=1S/C35H34N2O5/c1-3-4-20-41-29-12-8-27(9-13-29)32-31(34(39)35(40)37(32)22-25-16-18-36-19-17-25)33(38)28-10-14-30(15-11-28)42-23-26-7-5-6-24(2)21-26/h5-19,21,32,38H,3-4,20,22-23H2,1-2H3. The summed E-state index contributed by atoms with van der Waals surface area (Å²) in [5.41, 5.74) is 4.20. The second kappa shape index (κ2) is 13.2. The Morgan fingerprint density at radius 2 is 1.57 bits per heavy atom. The van der Waals surface area contributed by atoms with Gasteiger partial charge in [-0.05, 0) is 78.6 Å². The lowest BCUT2D eigenvalue weighted by Crippen LogP contribution is -2.29. The molecule has 1 aliphatic heterocycles. The number of nitrogens with zero attached hydrogens (tertiary/aromatic N) is 2. The summed E-state index contributed by atoms with van der Waals surface area (Å²) in [6, 6.07) is 25.1. The number of carbonyl (C=O) groups excluding carboxylic acids is 2. The van der Waals surface area contributed by atoms with Crippen molar-refractivity contribution in [3.63, 3.8) is 0 Å². The molecule has 1 aliphatic rings. The van der Waals surface area contributed by atoms with Gasteiger partial charge in [0.1, 0.15) is 23.9 Å². The van der Waals surface area contributed by atoms with Crippen molar-refractivity contribution in [2.24, 2.45) is 0 Å². The van der Waals surface area contributed by atoms with Gasteiger partial charge in [-0.1, -0.05) is 55.3 Å². The minimum absolute atomic E-state index is 0.0436. The summed E-state index contributed by atoms with van der Waals surface area (Å²) >= 11 is 0. The Bertz CT molecular complexity index is 1560. The number of ether oxygens (including phenoxy) is 2. The number of unbranched alkanes of at least 4 members (excludes halogenated alkanes) is 1. The summed E-state index contributed by atoms with van der Waals surface area (Å²) in [4.78, 5) is 32.3. The van der Waals surface area contributed by atoms with Crippen LogP contribution in [0.5, 0.6) is 11.5 Å². The van der Waals surface area contributed by atoms with Crippen LogP contribution < -0.4 is 9.47 Å². The van der Waals surface area contributed by atoms with Crippen LogP contribution in [0.3, 0.4) is 0 Å². The SMILES string of the molecule is CCCCOc1ccc(C2C(=C(O)c3ccc(OCc4cccc(C)c4)cc3)C(=O)C(=O)N2Cc2ccncc2)cc1. The molecule has 214 valence electrons. The number of hydrogen-bond acceptors (Lipinski definition) is 6. The van der Waals surface area contributed by atoms with Crippen molar-refractivity contribution in [3.8, 4) is 11.5 Å². The largest absolute Gasteiger partial charge is 0.507 e. The fourth-order valence-corrected chi connectivity index (χ4v) is 4.99. The molecule has 4 aromatic rings. The van der Waals surface area contributed by atoms with E-state index in [0.29, 0.717) is 35.8 Å². The smallest absolute Gasteiger partial charge is 0.295 e. The number of Topliss-reactive ketones (excluding diaryl/α,β-unsaturated/α-hetero) is 1. The van der Waals surface area contributed by atoms with Crippen LogP contribution >= 0.6 is 0 Å². The number of aliphatic hydroxyl groups is 1. The summed E-state index contributed by atoms with van der Waals surface area (Å²) in [5, 5.41) is 11.5. The van der Waals surface area contributed by atoms with Crippen LogP contribution in [-0.4, -0.2) is 33.3 Å². The Kier molecular flexibility index (Phi) is 8.97. The molecule has 1 amide bonds. The first-order valence-electron chi connectivity index (χ1n) is 14.1. The van der Waals surface area contributed by atoms with Gasteiger partial charge in [0.15, 0.2) is 0 Å². The highest BCUT2D eigenvalue weighted by molar-refractivity contribution is 6.46. The van der Waals surface area contributed by atoms with E-state index in [1.807, 2.05) is 49.4 Å². The second-order valence-electron chi connectivity index (χ2n) is 10.4. The molecule has 0 saturated carbocycles. The Morgan fingerprint density at radius 1 is 0.881 bits per heavy atom. The first-order valence-corrected chi connectivity index (χ1v) is 14.1. The van der Waals surface area contributed by atoms with Crippen LogP contribution in [0.4, 0.5) is 0 Å². The molecule has 3 aromatic carbocycles. The number of rotatable bonds is 11. The number of likely N-dealkylation sites (tertiary alicyclic amines) is 1. The Labute approximate surface area is 246 Å². The molecule has 1 fully saturated rings. The van der Waals surface area contributed by atoms with Gasteiger partial charge in [-0.25, -0.2) is 0 Å². The average molecular weight is 563 g/mol. The first-order chi connectivity index (χ1) is 20.4. The average Bonchev–Trinajstić information content (AvgIpc) is 3.26. The van der Waals surface area contributed by atoms with Gasteiger partial charge in [0.2, 0.25) is 0 Å². The van der Waals surface area contributed by atoms with E-state index in [2.05, 4.69) is 18.0 Å². The molecule has 5 rings (SSSR count). The monoisotopic (exact) mass is 562 g/mol. The molecule has 1 atom stereocenters. The minimum Gasteiger partial charge on any atom is -0.507 e. The fourth-order valence-electron chi connectivity index (χ4n) is 4.99. The summed E-state index contributed by atoms with van der Waals surface area (Å²) in [6.07, 6.45) is 5.27. The Hall–Kier alpha value is -4.91. The molecule has 42 heavy (non-hydrogen) atoms. The number of carbonyl (C=O) groups is 2. The molecule has 1 saturated heterocycles. The van der Waals surface area contributed by atoms with Crippen LogP contribution in [0.25, 0.3) is 5.76 Å². The number of aliphatic hydroxyl groups excluding tert-OH is 1. The Balaban J connectivity index is 1.45. The van der Waals surface area contributed by atoms with E-state index >= 15 is 0 Å². The summed E-state index contributed by atoms with van der Waals surface area (Å²) < 4.78 is 11.7. The molecule has 1 N–H and O–H groups in total. The molecule has 1 unspecified atom stereocenters. The summed E-state index contributed by atoms with van der Waals surface area (Å²) in [5.74, 6) is -0.292. The van der Waals surface area contributed by atoms with Crippen molar-refractivity contribution >= 4 is 17.4 Å². The van der Waals surface area contributed by atoms with E-state index in [1.165, 1.54) is 4.90 Å². The van der Waals surface area contributed by atoms with Gasteiger partial charge in [0.05, 0.1) is 18.2 Å². The van der Waals surface area contributed by atoms with Gasteiger partial charge >= 0.3 is 0 Å². The topological polar surface area (TPSA) is 89.0 Å². The van der Waals surface area contributed by atoms with E-state index < -0.39 is 17.7 Å². The van der Waals surface area contributed by atoms with Crippen LogP contribution in [0, 0.1) is 6.92 Å². The van der Waals surface area contributed by atoms with Gasteiger partial charge in [-0.2, -0.15) is 0 Å².